The van der Waals surface area contributed by atoms with Crippen molar-refractivity contribution in [2.75, 3.05) is 6.61 Å². The fraction of sp³-hybridized carbons (Fsp3) is 0.333. The quantitative estimate of drug-likeness (QED) is 0.576. The predicted octanol–water partition coefficient (Wildman–Crippen LogP) is -0.930. The van der Waals surface area contributed by atoms with Gasteiger partial charge in [-0.05, 0) is 24.5 Å². The van der Waals surface area contributed by atoms with Gasteiger partial charge in [0.2, 0.25) is 0 Å². The number of halogens is 3. The van der Waals surface area contributed by atoms with Gasteiger partial charge in [-0.3, -0.25) is 0 Å². The molecule has 0 N–H and O–H groups in total. The van der Waals surface area contributed by atoms with E-state index in [2.05, 4.69) is 0 Å². The minimum absolute atomic E-state index is 0. The molecule has 1 aromatic carbocycles. The Kier molecular flexibility index (Phi) is 4.73. The van der Waals surface area contributed by atoms with Crippen LogP contribution in [0.3, 0.4) is 0 Å². The third kappa shape index (κ3) is 3.23. The molecule has 0 amide bonds. The number of ether oxygens (including phenoxy) is 1. The van der Waals surface area contributed by atoms with Gasteiger partial charge in [0.15, 0.2) is 0 Å². The smallest absolute Gasteiger partial charge is 0.493 e. The molecule has 1 aliphatic heterocycles. The van der Waals surface area contributed by atoms with E-state index in [0.29, 0.717) is 12.4 Å². The van der Waals surface area contributed by atoms with E-state index in [9.17, 15) is 12.9 Å². The van der Waals surface area contributed by atoms with Crippen LogP contribution in [0, 0.1) is 0 Å². The largest absolute Gasteiger partial charge is 1.00 e. The van der Waals surface area contributed by atoms with Gasteiger partial charge in [0.1, 0.15) is 5.75 Å². The van der Waals surface area contributed by atoms with Gasteiger partial charge in [-0.15, -0.1) is 5.46 Å². The molecule has 0 unspecified atom stereocenters. The average molecular weight is 240 g/mol. The van der Waals surface area contributed by atoms with E-state index in [1.807, 2.05) is 0 Å². The molecule has 0 spiro atoms. The first-order valence-corrected chi connectivity index (χ1v) is 4.53. The summed E-state index contributed by atoms with van der Waals surface area (Å²) < 4.78 is 42.3. The Bertz CT molecular complexity index is 354. The maximum atomic E-state index is 12.4. The van der Waals surface area contributed by atoms with Gasteiger partial charge in [-0.25, -0.2) is 0 Å². The average Bonchev–Trinajstić information content (AvgIpc) is 2.16. The van der Waals surface area contributed by atoms with Crippen molar-refractivity contribution in [1.82, 2.24) is 0 Å². The summed E-state index contributed by atoms with van der Waals surface area (Å²) in [5.41, 5.74) is 0.297. The summed E-state index contributed by atoms with van der Waals surface area (Å²) in [6.45, 7) is -4.39. The summed E-state index contributed by atoms with van der Waals surface area (Å²) in [4.78, 5) is 0. The van der Waals surface area contributed by atoms with Gasteiger partial charge in [0.25, 0.3) is 0 Å². The fourth-order valence-corrected chi connectivity index (χ4v) is 1.56. The molecule has 2 rings (SSSR count). The second-order valence-electron chi connectivity index (χ2n) is 3.39. The number of benzene rings is 1. The van der Waals surface area contributed by atoms with Crippen molar-refractivity contribution < 1.29 is 69.1 Å². The minimum atomic E-state index is -4.91. The van der Waals surface area contributed by atoms with Crippen LogP contribution in [-0.2, 0) is 6.42 Å². The van der Waals surface area contributed by atoms with E-state index in [1.54, 1.807) is 0 Å². The Hall–Kier alpha value is 0.511. The number of aryl methyl sites for hydroxylation is 1. The van der Waals surface area contributed by atoms with Gasteiger partial charge in [-0.2, -0.15) is 0 Å². The number of hydrogen-bond donors (Lipinski definition) is 0. The van der Waals surface area contributed by atoms with Crippen molar-refractivity contribution in [2.45, 2.75) is 12.8 Å². The molecule has 6 heteroatoms. The van der Waals surface area contributed by atoms with Crippen molar-refractivity contribution in [2.24, 2.45) is 0 Å². The van der Waals surface area contributed by atoms with Gasteiger partial charge >= 0.3 is 58.4 Å². The maximum absolute atomic E-state index is 12.4. The Morgan fingerprint density at radius 2 is 1.93 bits per heavy atom. The molecule has 0 saturated heterocycles. The first-order chi connectivity index (χ1) is 6.57. The monoisotopic (exact) mass is 240 g/mol. The standard InChI is InChI=1S/C9H9BF3O.K/c11-10(12,13)8-4-3-7-2-1-5-14-9(7)6-8;/h3-4,6H,1-2,5H2;/q-1;+1. The van der Waals surface area contributed by atoms with Crippen LogP contribution in [0.1, 0.15) is 12.0 Å². The van der Waals surface area contributed by atoms with Gasteiger partial charge < -0.3 is 17.7 Å². The number of fused-ring (bicyclic) bond motifs is 1. The second-order valence-corrected chi connectivity index (χ2v) is 3.39. The Morgan fingerprint density at radius 3 is 2.60 bits per heavy atom. The first kappa shape index (κ1) is 13.6. The zero-order valence-corrected chi connectivity index (χ0v) is 11.6. The van der Waals surface area contributed by atoms with E-state index in [1.165, 1.54) is 6.07 Å². The zero-order chi connectivity index (χ0) is 10.2. The molecule has 0 fully saturated rings. The van der Waals surface area contributed by atoms with E-state index in [-0.39, 0.29) is 51.4 Å². The molecule has 0 bridgehead atoms. The van der Waals surface area contributed by atoms with Crippen molar-refractivity contribution in [3.63, 3.8) is 0 Å². The molecule has 0 atom stereocenters. The number of rotatable bonds is 1. The maximum Gasteiger partial charge on any atom is 1.00 e. The van der Waals surface area contributed by atoms with Crippen LogP contribution in [0.2, 0.25) is 0 Å². The molecule has 15 heavy (non-hydrogen) atoms. The van der Waals surface area contributed by atoms with Crippen molar-refractivity contribution in [3.8, 4) is 5.75 Å². The van der Waals surface area contributed by atoms with Crippen LogP contribution in [0.5, 0.6) is 5.75 Å². The zero-order valence-electron chi connectivity index (χ0n) is 8.47. The van der Waals surface area contributed by atoms with Crippen LogP contribution in [0.25, 0.3) is 0 Å². The van der Waals surface area contributed by atoms with Gasteiger partial charge in [0, 0.05) is 0 Å². The molecule has 0 aromatic heterocycles. The molecule has 0 saturated carbocycles. The summed E-state index contributed by atoms with van der Waals surface area (Å²) >= 11 is 0. The fourth-order valence-electron chi connectivity index (χ4n) is 1.56. The van der Waals surface area contributed by atoms with E-state index < -0.39 is 12.4 Å². The summed E-state index contributed by atoms with van der Waals surface area (Å²) in [6, 6.07) is 3.75. The Morgan fingerprint density at radius 1 is 1.20 bits per heavy atom. The van der Waals surface area contributed by atoms with Crippen molar-refractivity contribution in [3.05, 3.63) is 23.8 Å². The third-order valence-corrected chi connectivity index (χ3v) is 2.32. The predicted molar refractivity (Wildman–Crippen MR) is 49.0 cm³/mol. The van der Waals surface area contributed by atoms with Crippen LogP contribution in [0.15, 0.2) is 18.2 Å². The summed E-state index contributed by atoms with van der Waals surface area (Å²) in [5, 5.41) is 0. The molecule has 1 aromatic rings. The van der Waals surface area contributed by atoms with Crippen LogP contribution in [0.4, 0.5) is 12.9 Å². The molecular formula is C9H9BF3KO. The van der Waals surface area contributed by atoms with Crippen molar-refractivity contribution in [1.29, 1.82) is 0 Å². The van der Waals surface area contributed by atoms with Crippen LogP contribution >= 0.6 is 0 Å². The van der Waals surface area contributed by atoms with E-state index >= 15 is 0 Å². The third-order valence-electron chi connectivity index (χ3n) is 2.32. The molecule has 1 aliphatic rings. The van der Waals surface area contributed by atoms with Gasteiger partial charge in [-0.1, -0.05) is 12.1 Å². The first-order valence-electron chi connectivity index (χ1n) is 4.53. The second kappa shape index (κ2) is 5.23. The summed E-state index contributed by atoms with van der Waals surface area (Å²) in [7, 11) is 0. The molecule has 0 radical (unpaired) electrons. The molecule has 1 nitrogen and oxygen atoms in total. The Labute approximate surface area is 129 Å². The van der Waals surface area contributed by atoms with E-state index in [0.717, 1.165) is 30.5 Å². The SMILES string of the molecule is F[B-](F)(F)c1ccc2c(c1)OCCC2.[K+]. The number of hydrogen-bond acceptors (Lipinski definition) is 1. The molecule has 0 aliphatic carbocycles. The molecule has 1 heterocycles. The van der Waals surface area contributed by atoms with E-state index in [4.69, 9.17) is 4.74 Å². The summed E-state index contributed by atoms with van der Waals surface area (Å²) in [6.07, 6.45) is 1.68. The van der Waals surface area contributed by atoms with Gasteiger partial charge in [0.05, 0.1) is 6.61 Å². The van der Waals surface area contributed by atoms with Crippen LogP contribution < -0.4 is 61.6 Å². The molecular weight excluding hydrogens is 231 g/mol. The van der Waals surface area contributed by atoms with Crippen LogP contribution in [-0.4, -0.2) is 13.6 Å². The molecule has 76 valence electrons. The normalized spacial score (nSPS) is 14.9. The Balaban J connectivity index is 0.00000112. The minimum Gasteiger partial charge on any atom is -0.493 e. The van der Waals surface area contributed by atoms with Crippen molar-refractivity contribution >= 4 is 12.4 Å². The summed E-state index contributed by atoms with van der Waals surface area (Å²) in [5.74, 6) is 0.396. The topological polar surface area (TPSA) is 9.23 Å².